The molecule has 1 atom stereocenters. The second-order valence-corrected chi connectivity index (χ2v) is 11.4. The molecule has 3 aromatic carbocycles. The SMILES string of the molecule is CCCNC(=O)C(C)N(Cc1ccc(C)cc1)C(=O)CN(c1ccc(OCc2ccccc2)cc1)S(C)(=O)=O. The van der Waals surface area contributed by atoms with Gasteiger partial charge in [-0.1, -0.05) is 67.1 Å². The lowest BCUT2D eigenvalue weighted by Crippen LogP contribution is -2.51. The molecule has 0 aliphatic rings. The number of hydrogen-bond donors (Lipinski definition) is 1. The lowest BCUT2D eigenvalue weighted by atomic mass is 10.1. The van der Waals surface area contributed by atoms with Crippen LogP contribution in [0, 0.1) is 6.92 Å². The zero-order chi connectivity index (χ0) is 28.4. The summed E-state index contributed by atoms with van der Waals surface area (Å²) in [6.45, 7) is 6.16. The summed E-state index contributed by atoms with van der Waals surface area (Å²) in [5.74, 6) is -0.197. The molecule has 8 nitrogen and oxygen atoms in total. The lowest BCUT2D eigenvalue weighted by Gasteiger charge is -2.31. The molecule has 3 aromatic rings. The highest BCUT2D eigenvalue weighted by molar-refractivity contribution is 7.92. The zero-order valence-corrected chi connectivity index (χ0v) is 23.8. The normalized spacial score (nSPS) is 11.9. The van der Waals surface area contributed by atoms with Crippen molar-refractivity contribution < 1.29 is 22.7 Å². The van der Waals surface area contributed by atoms with Crippen LogP contribution in [-0.4, -0.2) is 50.5 Å². The minimum atomic E-state index is -3.81. The Kier molecular flexibility index (Phi) is 10.5. The Morgan fingerprint density at radius 3 is 2.15 bits per heavy atom. The van der Waals surface area contributed by atoms with E-state index in [1.807, 2.05) is 68.4 Å². The third-order valence-electron chi connectivity index (χ3n) is 6.24. The lowest BCUT2D eigenvalue weighted by molar-refractivity contribution is -0.139. The molecular formula is C30H37N3O5S. The number of ether oxygens (including phenoxy) is 1. The molecule has 0 bridgehead atoms. The highest BCUT2D eigenvalue weighted by atomic mass is 32.2. The number of sulfonamides is 1. The van der Waals surface area contributed by atoms with E-state index in [0.29, 0.717) is 24.6 Å². The van der Waals surface area contributed by atoms with Crippen molar-refractivity contribution >= 4 is 27.5 Å². The van der Waals surface area contributed by atoms with Crippen molar-refractivity contribution in [3.8, 4) is 5.75 Å². The molecule has 1 unspecified atom stereocenters. The van der Waals surface area contributed by atoms with Gasteiger partial charge >= 0.3 is 0 Å². The number of anilines is 1. The highest BCUT2D eigenvalue weighted by Crippen LogP contribution is 2.23. The van der Waals surface area contributed by atoms with Gasteiger partial charge in [-0.25, -0.2) is 8.42 Å². The van der Waals surface area contributed by atoms with Gasteiger partial charge in [-0.2, -0.15) is 0 Å². The van der Waals surface area contributed by atoms with E-state index in [0.717, 1.165) is 33.7 Å². The first-order valence-corrected chi connectivity index (χ1v) is 14.8. The molecule has 0 saturated heterocycles. The predicted molar refractivity (Wildman–Crippen MR) is 154 cm³/mol. The minimum absolute atomic E-state index is 0.170. The number of hydrogen-bond acceptors (Lipinski definition) is 5. The number of benzene rings is 3. The second-order valence-electron chi connectivity index (χ2n) is 9.51. The zero-order valence-electron chi connectivity index (χ0n) is 23.0. The first-order chi connectivity index (χ1) is 18.6. The number of carbonyl (C=O) groups excluding carboxylic acids is 2. The number of rotatable bonds is 13. The van der Waals surface area contributed by atoms with E-state index < -0.39 is 28.5 Å². The predicted octanol–water partition coefficient (Wildman–Crippen LogP) is 4.28. The molecule has 1 N–H and O–H groups in total. The number of nitrogens with one attached hydrogen (secondary N) is 1. The van der Waals surface area contributed by atoms with Crippen molar-refractivity contribution in [1.82, 2.24) is 10.2 Å². The Hall–Kier alpha value is -3.85. The quantitative estimate of drug-likeness (QED) is 0.342. The molecule has 39 heavy (non-hydrogen) atoms. The third-order valence-corrected chi connectivity index (χ3v) is 7.38. The molecule has 0 heterocycles. The van der Waals surface area contributed by atoms with Crippen LogP contribution in [0.5, 0.6) is 5.75 Å². The highest BCUT2D eigenvalue weighted by Gasteiger charge is 2.30. The molecule has 2 amide bonds. The Morgan fingerprint density at radius 2 is 1.56 bits per heavy atom. The van der Waals surface area contributed by atoms with Crippen LogP contribution < -0.4 is 14.4 Å². The van der Waals surface area contributed by atoms with Crippen LogP contribution in [0.25, 0.3) is 0 Å². The fourth-order valence-corrected chi connectivity index (χ4v) is 4.78. The molecule has 0 aliphatic heterocycles. The average molecular weight is 552 g/mol. The fraction of sp³-hybridized carbons (Fsp3) is 0.333. The molecule has 0 aromatic heterocycles. The molecule has 0 aliphatic carbocycles. The summed E-state index contributed by atoms with van der Waals surface area (Å²) >= 11 is 0. The number of carbonyl (C=O) groups is 2. The Labute approximate surface area is 231 Å². The van der Waals surface area contributed by atoms with Crippen LogP contribution in [0.15, 0.2) is 78.9 Å². The standard InChI is InChI=1S/C30H37N3O5S/c1-5-19-31-30(35)24(3)32(20-25-13-11-23(2)12-14-25)29(34)21-33(39(4,36)37)27-15-17-28(18-16-27)38-22-26-9-7-6-8-10-26/h6-18,24H,5,19-22H2,1-4H3,(H,31,35). The van der Waals surface area contributed by atoms with Gasteiger partial charge < -0.3 is 15.0 Å². The van der Waals surface area contributed by atoms with Crippen LogP contribution in [0.1, 0.15) is 37.0 Å². The molecule has 0 spiro atoms. The Morgan fingerprint density at radius 1 is 0.923 bits per heavy atom. The number of aryl methyl sites for hydroxylation is 1. The van der Waals surface area contributed by atoms with Gasteiger partial charge in [-0.05, 0) is 55.7 Å². The molecule has 0 radical (unpaired) electrons. The van der Waals surface area contributed by atoms with Crippen molar-refractivity contribution in [2.24, 2.45) is 0 Å². The first-order valence-electron chi connectivity index (χ1n) is 13.0. The van der Waals surface area contributed by atoms with Crippen LogP contribution in [-0.2, 0) is 32.8 Å². The van der Waals surface area contributed by atoms with Gasteiger partial charge in [0.15, 0.2) is 0 Å². The van der Waals surface area contributed by atoms with Crippen LogP contribution >= 0.6 is 0 Å². The number of nitrogens with zero attached hydrogens (tertiary/aromatic N) is 2. The maximum absolute atomic E-state index is 13.6. The molecular weight excluding hydrogens is 514 g/mol. The molecule has 3 rings (SSSR count). The smallest absolute Gasteiger partial charge is 0.244 e. The van der Waals surface area contributed by atoms with Gasteiger partial charge in [0.05, 0.1) is 11.9 Å². The average Bonchev–Trinajstić information content (AvgIpc) is 2.93. The molecule has 0 saturated carbocycles. The van der Waals surface area contributed by atoms with E-state index in [9.17, 15) is 18.0 Å². The van der Waals surface area contributed by atoms with Crippen molar-refractivity contribution in [1.29, 1.82) is 0 Å². The summed E-state index contributed by atoms with van der Waals surface area (Å²) in [5.41, 5.74) is 3.26. The van der Waals surface area contributed by atoms with Gasteiger partial charge in [0, 0.05) is 13.1 Å². The summed E-state index contributed by atoms with van der Waals surface area (Å²) in [6, 6.07) is 23.1. The minimum Gasteiger partial charge on any atom is -0.489 e. The Bertz CT molecular complexity index is 1330. The topological polar surface area (TPSA) is 96.0 Å². The van der Waals surface area contributed by atoms with Crippen molar-refractivity contribution in [2.75, 3.05) is 23.7 Å². The van der Waals surface area contributed by atoms with Crippen LogP contribution in [0.3, 0.4) is 0 Å². The van der Waals surface area contributed by atoms with Gasteiger partial charge in [-0.3, -0.25) is 13.9 Å². The summed E-state index contributed by atoms with van der Waals surface area (Å²) in [6.07, 6.45) is 1.82. The fourth-order valence-electron chi connectivity index (χ4n) is 3.93. The maximum Gasteiger partial charge on any atom is 0.244 e. The van der Waals surface area contributed by atoms with E-state index in [2.05, 4.69) is 5.32 Å². The molecule has 0 fully saturated rings. The maximum atomic E-state index is 13.6. The van der Waals surface area contributed by atoms with Gasteiger partial charge in [0.2, 0.25) is 21.8 Å². The summed E-state index contributed by atoms with van der Waals surface area (Å²) in [4.78, 5) is 27.8. The van der Waals surface area contributed by atoms with E-state index in [-0.39, 0.29) is 12.5 Å². The van der Waals surface area contributed by atoms with Gasteiger partial charge in [0.1, 0.15) is 24.9 Å². The monoisotopic (exact) mass is 551 g/mol. The van der Waals surface area contributed by atoms with Crippen molar-refractivity contribution in [3.05, 3.63) is 95.6 Å². The summed E-state index contributed by atoms with van der Waals surface area (Å²) in [5, 5.41) is 2.83. The van der Waals surface area contributed by atoms with Gasteiger partial charge in [-0.15, -0.1) is 0 Å². The van der Waals surface area contributed by atoms with Crippen molar-refractivity contribution in [2.45, 2.75) is 46.4 Å². The van der Waals surface area contributed by atoms with E-state index in [1.165, 1.54) is 4.90 Å². The van der Waals surface area contributed by atoms with E-state index >= 15 is 0 Å². The third kappa shape index (κ3) is 8.85. The first kappa shape index (κ1) is 29.7. The van der Waals surface area contributed by atoms with Crippen LogP contribution in [0.4, 0.5) is 5.69 Å². The van der Waals surface area contributed by atoms with Crippen molar-refractivity contribution in [3.63, 3.8) is 0 Å². The molecule has 208 valence electrons. The summed E-state index contributed by atoms with van der Waals surface area (Å²) < 4.78 is 32.4. The second kappa shape index (κ2) is 13.8. The van der Waals surface area contributed by atoms with E-state index in [1.54, 1.807) is 31.2 Å². The van der Waals surface area contributed by atoms with E-state index in [4.69, 9.17) is 4.74 Å². The van der Waals surface area contributed by atoms with Crippen LogP contribution in [0.2, 0.25) is 0 Å². The molecule has 9 heteroatoms. The number of amides is 2. The van der Waals surface area contributed by atoms with Gasteiger partial charge in [0.25, 0.3) is 0 Å². The summed E-state index contributed by atoms with van der Waals surface area (Å²) in [7, 11) is -3.81. The largest absolute Gasteiger partial charge is 0.489 e. The Balaban J connectivity index is 1.80.